The number of aromatic amines is 1. The number of esters is 1. The Hall–Kier alpha value is -5.81. The monoisotopic (exact) mass is 841 g/mol. The Balaban J connectivity index is 1.64. The van der Waals surface area contributed by atoms with E-state index >= 15 is 0 Å². The first-order valence-corrected chi connectivity index (χ1v) is 20.1. The molecule has 2 aromatic heterocycles. The van der Waals surface area contributed by atoms with Crippen LogP contribution in [0.2, 0.25) is 0 Å². The van der Waals surface area contributed by atoms with E-state index in [0.717, 1.165) is 5.22 Å². The van der Waals surface area contributed by atoms with Gasteiger partial charge in [0.05, 0.1) is 41.0 Å². The molecule has 0 saturated heterocycles. The van der Waals surface area contributed by atoms with Gasteiger partial charge in [-0.3, -0.25) is 23.6 Å². The van der Waals surface area contributed by atoms with Crippen molar-refractivity contribution in [2.75, 3.05) is 21.2 Å². The minimum Gasteiger partial charge on any atom is -0.505 e. The maximum atomic E-state index is 14.7. The third-order valence-corrected chi connectivity index (χ3v) is 11.9. The number of Topliss-reactive ketones (excluding diaryl/α,β-unsaturated/α-hetero) is 1. The van der Waals surface area contributed by atoms with Gasteiger partial charge in [0, 0.05) is 87.6 Å². The molecule has 2 aliphatic heterocycles. The lowest BCUT2D eigenvalue weighted by Gasteiger charge is -2.38. The molecule has 0 radical (unpaired) electrons. The SMILES string of the molecule is CO[C@H]1/C=C/O[C@@]2(C)Oc3c(C)c(=O)c4c(O)c(c5c([nH]c6c/c(=C/NN(C)C)ccn65)c4c3C2=O)=NC(=O)/C(C)=C\C=C\[C@H](C)[C@H](O)[C@@H](C)[C@@H](O)[C@@H](C)[C@H](OC(C)=O)[C@@H]1C. The number of nitrogens with zero attached hydrogens (tertiary/aromatic N) is 3. The van der Waals surface area contributed by atoms with E-state index in [1.165, 1.54) is 53.2 Å². The number of hydrogen-bond donors (Lipinski definition) is 5. The van der Waals surface area contributed by atoms with Gasteiger partial charge >= 0.3 is 11.8 Å². The summed E-state index contributed by atoms with van der Waals surface area (Å²) in [6.45, 7) is 12.6. The molecule has 1 amide bonds. The van der Waals surface area contributed by atoms with Gasteiger partial charge in [-0.1, -0.05) is 45.9 Å². The number of carbonyl (C=O) groups excluding carboxylic acids is 3. The van der Waals surface area contributed by atoms with E-state index in [1.54, 1.807) is 73.8 Å². The molecule has 2 aromatic carbocycles. The molecular formula is C45H55N5O11. The fraction of sp³-hybridized carbons (Fsp3) is 0.444. The van der Waals surface area contributed by atoms with Crippen LogP contribution in [0.25, 0.3) is 33.7 Å². The maximum absolute atomic E-state index is 14.7. The number of fused-ring (bicyclic) bond motifs is 2. The van der Waals surface area contributed by atoms with Crippen molar-refractivity contribution in [3.05, 3.63) is 86.4 Å². The number of benzene rings is 2. The highest BCUT2D eigenvalue weighted by Crippen LogP contribution is 2.44. The number of aromatic nitrogens is 2. The van der Waals surface area contributed by atoms with Crippen LogP contribution in [0.4, 0.5) is 0 Å². The highest BCUT2D eigenvalue weighted by molar-refractivity contribution is 6.23. The van der Waals surface area contributed by atoms with Gasteiger partial charge in [0.25, 0.3) is 11.7 Å². The number of H-pyrrole nitrogens is 1. The molecule has 4 heterocycles. The number of hydrogen-bond acceptors (Lipinski definition) is 13. The number of methoxy groups -OCH3 is 1. The molecule has 16 nitrogen and oxygen atoms in total. The van der Waals surface area contributed by atoms with E-state index < -0.39 is 82.7 Å². The Bertz CT molecular complexity index is 2700. The Morgan fingerprint density at radius 3 is 2.41 bits per heavy atom. The summed E-state index contributed by atoms with van der Waals surface area (Å²) in [5.74, 6) is -7.07. The number of rotatable bonds is 4. The van der Waals surface area contributed by atoms with Crippen molar-refractivity contribution < 1.29 is 48.7 Å². The van der Waals surface area contributed by atoms with Crippen LogP contribution in [0.15, 0.2) is 64.3 Å². The van der Waals surface area contributed by atoms with Gasteiger partial charge in [0.15, 0.2) is 11.2 Å². The van der Waals surface area contributed by atoms with E-state index in [4.69, 9.17) is 18.9 Å². The van der Waals surface area contributed by atoms with Crippen molar-refractivity contribution in [3.8, 4) is 11.5 Å². The molecule has 0 fully saturated rings. The molecule has 4 aromatic rings. The normalized spacial score (nSPS) is 30.0. The molecule has 0 spiro atoms. The summed E-state index contributed by atoms with van der Waals surface area (Å²) in [6.07, 6.45) is 7.17. The minimum atomic E-state index is -2.00. The summed E-state index contributed by atoms with van der Waals surface area (Å²) in [4.78, 5) is 62.9. The highest BCUT2D eigenvalue weighted by atomic mass is 16.7. The number of carbonyl (C=O) groups is 3. The maximum Gasteiger partial charge on any atom is 0.312 e. The number of pyridine rings is 1. The van der Waals surface area contributed by atoms with Crippen molar-refractivity contribution >= 4 is 51.3 Å². The number of amides is 1. The summed E-state index contributed by atoms with van der Waals surface area (Å²) >= 11 is 0. The first-order chi connectivity index (χ1) is 28.7. The summed E-state index contributed by atoms with van der Waals surface area (Å²) in [5, 5.41) is 37.1. The predicted octanol–water partition coefficient (Wildman–Crippen LogP) is 3.45. The summed E-state index contributed by atoms with van der Waals surface area (Å²) < 4.78 is 25.5. The number of aliphatic hydroxyl groups excluding tert-OH is 2. The Kier molecular flexibility index (Phi) is 12.7. The topological polar surface area (TPSA) is 214 Å². The Morgan fingerprint density at radius 1 is 1.05 bits per heavy atom. The summed E-state index contributed by atoms with van der Waals surface area (Å²) in [5.41, 5.74) is 3.53. The zero-order chi connectivity index (χ0) is 44.8. The minimum absolute atomic E-state index is 0.0203. The molecule has 0 unspecified atom stereocenters. The molecule has 61 heavy (non-hydrogen) atoms. The average Bonchev–Trinajstić information content (AvgIpc) is 3.72. The van der Waals surface area contributed by atoms with Gasteiger partial charge in [-0.2, -0.15) is 0 Å². The second kappa shape index (κ2) is 17.3. The lowest BCUT2D eigenvalue weighted by molar-refractivity contribution is -0.160. The fourth-order valence-corrected chi connectivity index (χ4v) is 8.25. The zero-order valence-corrected chi connectivity index (χ0v) is 36.3. The van der Waals surface area contributed by atoms with E-state index in [9.17, 15) is 34.5 Å². The Labute approximate surface area is 352 Å². The summed E-state index contributed by atoms with van der Waals surface area (Å²) in [7, 11) is 5.12. The van der Waals surface area contributed by atoms with Crippen molar-refractivity contribution in [3.63, 3.8) is 0 Å². The summed E-state index contributed by atoms with van der Waals surface area (Å²) in [6, 6.07) is 3.59. The molecule has 0 saturated carbocycles. The van der Waals surface area contributed by atoms with Crippen LogP contribution >= 0.6 is 0 Å². The van der Waals surface area contributed by atoms with Gasteiger partial charge < -0.3 is 44.7 Å². The number of hydrazine groups is 1. The van der Waals surface area contributed by atoms with Crippen LogP contribution in [0.3, 0.4) is 0 Å². The van der Waals surface area contributed by atoms with E-state index in [2.05, 4.69) is 15.4 Å². The number of imidazole rings is 1. The van der Waals surface area contributed by atoms with Crippen LogP contribution < -0.4 is 26.2 Å². The first kappa shape index (κ1) is 44.7. The van der Waals surface area contributed by atoms with Crippen molar-refractivity contribution in [2.45, 2.75) is 85.6 Å². The molecule has 16 heteroatoms. The molecule has 0 aliphatic carbocycles. The molecule has 326 valence electrons. The second-order valence-corrected chi connectivity index (χ2v) is 16.5. The van der Waals surface area contributed by atoms with E-state index in [1.807, 2.05) is 14.1 Å². The third kappa shape index (κ3) is 8.20. The van der Waals surface area contributed by atoms with Crippen LogP contribution in [0.1, 0.15) is 64.4 Å². The van der Waals surface area contributed by atoms with E-state index in [-0.39, 0.29) is 49.6 Å². The molecule has 5 N–H and O–H groups in total. The van der Waals surface area contributed by atoms with Gasteiger partial charge in [0.2, 0.25) is 0 Å². The predicted molar refractivity (Wildman–Crippen MR) is 228 cm³/mol. The number of ketones is 1. The molecule has 2 aliphatic rings. The standard InChI is InChI=1S/C45H55N5O11/c1-21-13-12-14-22(2)44(57)48-35-36-34(47-30-19-28(15-17-50(30)36)20-46-49(9)10)31-32(40(35)55)39(54)26(6)42-33(31)43(56)45(8,61-42)59-18-16-29(58-11)23(3)41(60-27(7)51)25(5)38(53)24(4)37(21)52/h12-21,23-25,29,37-38,41,46-47,52-53,55H,1-11H3/b13-12+,18-16+,22-14-,28-20+,48-35?/t21-,23+,24+,25+,29-,37-,38+,41+,45-/m0/s1. The molecule has 9 atom stereocenters. The number of allylic oxidation sites excluding steroid dienone is 2. The lowest BCUT2D eigenvalue weighted by atomic mass is 9.78. The number of phenolic OH excluding ortho intramolecular Hbond substituents is 1. The van der Waals surface area contributed by atoms with Crippen LogP contribution in [-0.2, 0) is 23.8 Å². The third-order valence-electron chi connectivity index (χ3n) is 11.9. The first-order valence-electron chi connectivity index (χ1n) is 20.1. The van der Waals surface area contributed by atoms with Crippen molar-refractivity contribution in [1.29, 1.82) is 0 Å². The number of phenols is 1. The van der Waals surface area contributed by atoms with Gasteiger partial charge in [0.1, 0.15) is 28.4 Å². The lowest BCUT2D eigenvalue weighted by Crippen LogP contribution is -2.46. The van der Waals surface area contributed by atoms with E-state index in [0.29, 0.717) is 5.65 Å². The number of ether oxygens (including phenoxy) is 4. The zero-order valence-electron chi connectivity index (χ0n) is 36.3. The fourth-order valence-electron chi connectivity index (χ4n) is 8.25. The quantitative estimate of drug-likeness (QED) is 0.147. The average molecular weight is 842 g/mol. The van der Waals surface area contributed by atoms with Gasteiger partial charge in [-0.15, -0.1) is 0 Å². The molecular weight excluding hydrogens is 787 g/mol. The number of aliphatic hydroxyl groups is 2. The largest absolute Gasteiger partial charge is 0.505 e. The number of aromatic hydroxyl groups is 1. The second-order valence-electron chi connectivity index (χ2n) is 16.5. The van der Waals surface area contributed by atoms with Crippen molar-refractivity contribution in [1.82, 2.24) is 19.8 Å². The van der Waals surface area contributed by atoms with Gasteiger partial charge in [-0.05, 0) is 37.3 Å². The van der Waals surface area contributed by atoms with Crippen LogP contribution in [0.5, 0.6) is 11.5 Å². The molecule has 4 bridgehead atoms. The van der Waals surface area contributed by atoms with Crippen molar-refractivity contribution in [2.24, 2.45) is 28.7 Å². The number of nitrogens with one attached hydrogen (secondary N) is 2. The Morgan fingerprint density at radius 2 is 1.75 bits per heavy atom. The molecule has 6 rings (SSSR count). The highest BCUT2D eigenvalue weighted by Gasteiger charge is 2.49. The smallest absolute Gasteiger partial charge is 0.312 e. The van der Waals surface area contributed by atoms with Crippen LogP contribution in [-0.4, -0.2) is 98.8 Å². The van der Waals surface area contributed by atoms with Gasteiger partial charge in [-0.25, -0.2) is 10.0 Å². The van der Waals surface area contributed by atoms with Crippen LogP contribution in [0, 0.1) is 30.6 Å².